The number of hydrogen-bond donors (Lipinski definition) is 0. The maximum absolute atomic E-state index is 13.7. The number of benzene rings is 2. The Balaban J connectivity index is 1.78. The summed E-state index contributed by atoms with van der Waals surface area (Å²) in [4.78, 5) is 12.4. The third-order valence-corrected chi connectivity index (χ3v) is 5.32. The minimum Gasteiger partial charge on any atom is -0.457 e. The van der Waals surface area contributed by atoms with Crippen LogP contribution in [0.4, 0.5) is 8.78 Å². The van der Waals surface area contributed by atoms with Gasteiger partial charge in [-0.05, 0) is 24.6 Å². The summed E-state index contributed by atoms with van der Waals surface area (Å²) in [7, 11) is -3.98. The van der Waals surface area contributed by atoms with Gasteiger partial charge in [0, 0.05) is 17.8 Å². The van der Waals surface area contributed by atoms with Crippen LogP contribution in [0.2, 0.25) is 0 Å². The van der Waals surface area contributed by atoms with E-state index in [1.807, 2.05) is 0 Å². The predicted molar refractivity (Wildman–Crippen MR) is 98.3 cm³/mol. The van der Waals surface area contributed by atoms with E-state index in [0.29, 0.717) is 11.6 Å². The van der Waals surface area contributed by atoms with E-state index >= 15 is 0 Å². The van der Waals surface area contributed by atoms with Crippen LogP contribution in [-0.4, -0.2) is 24.4 Å². The monoisotopic (exact) mass is 406 g/mol. The van der Waals surface area contributed by atoms with Gasteiger partial charge in [-0.25, -0.2) is 13.6 Å². The molecule has 0 bridgehead atoms. The van der Waals surface area contributed by atoms with Crippen LogP contribution >= 0.6 is 0 Å². The van der Waals surface area contributed by atoms with E-state index in [1.165, 1.54) is 13.0 Å². The highest BCUT2D eigenvalue weighted by Crippen LogP contribution is 2.21. The number of esters is 1. The molecule has 28 heavy (non-hydrogen) atoms. The lowest BCUT2D eigenvalue weighted by Gasteiger charge is -2.23. The number of carbonyl (C=O) groups excluding carboxylic acids is 1. The van der Waals surface area contributed by atoms with Gasteiger partial charge < -0.3 is 4.74 Å². The summed E-state index contributed by atoms with van der Waals surface area (Å²) >= 11 is 0. The van der Waals surface area contributed by atoms with Crippen LogP contribution in [0.3, 0.4) is 0 Å². The molecular weight excluding hydrogens is 390 g/mol. The zero-order chi connectivity index (χ0) is 20.3. The Kier molecular flexibility index (Phi) is 5.55. The number of rotatable bonds is 5. The van der Waals surface area contributed by atoms with Gasteiger partial charge in [0.05, 0.1) is 17.8 Å². The van der Waals surface area contributed by atoms with E-state index in [4.69, 9.17) is 4.74 Å². The smallest absolute Gasteiger partial charge is 0.344 e. The molecule has 6 nitrogen and oxygen atoms in total. The van der Waals surface area contributed by atoms with Crippen molar-refractivity contribution in [2.75, 3.05) is 0 Å². The predicted octanol–water partition coefficient (Wildman–Crippen LogP) is 3.11. The van der Waals surface area contributed by atoms with Crippen molar-refractivity contribution in [2.45, 2.75) is 20.1 Å². The average molecular weight is 406 g/mol. The molecule has 0 radical (unpaired) electrons. The zero-order valence-electron chi connectivity index (χ0n) is 14.8. The molecule has 1 heterocycles. The van der Waals surface area contributed by atoms with E-state index in [1.54, 1.807) is 30.3 Å². The molecule has 0 aliphatic carbocycles. The van der Waals surface area contributed by atoms with E-state index < -0.39 is 34.4 Å². The normalized spacial score (nSPS) is 15.6. The SMILES string of the molecule is CC1=NS(=O)(=O)N(Cc2ccccc2)C=C1C(=O)OCc1ccc(F)cc1F. The van der Waals surface area contributed by atoms with E-state index in [0.717, 1.165) is 16.6 Å². The summed E-state index contributed by atoms with van der Waals surface area (Å²) in [6, 6.07) is 11.7. The number of halogens is 2. The fraction of sp³-hybridized carbons (Fsp3) is 0.158. The highest BCUT2D eigenvalue weighted by atomic mass is 32.2. The fourth-order valence-electron chi connectivity index (χ4n) is 2.53. The van der Waals surface area contributed by atoms with Gasteiger partial charge in [0.2, 0.25) is 0 Å². The van der Waals surface area contributed by atoms with Gasteiger partial charge in [-0.15, -0.1) is 4.40 Å². The van der Waals surface area contributed by atoms with Crippen LogP contribution in [0.25, 0.3) is 0 Å². The van der Waals surface area contributed by atoms with Gasteiger partial charge in [-0.2, -0.15) is 8.42 Å². The molecule has 0 atom stereocenters. The molecule has 2 aromatic carbocycles. The van der Waals surface area contributed by atoms with Crippen molar-refractivity contribution in [1.29, 1.82) is 0 Å². The fourth-order valence-corrected chi connectivity index (χ4v) is 3.63. The topological polar surface area (TPSA) is 76.0 Å². The third kappa shape index (κ3) is 4.42. The maximum Gasteiger partial charge on any atom is 0.344 e. The first-order chi connectivity index (χ1) is 13.3. The molecule has 0 saturated carbocycles. The Labute approximate surface area is 161 Å². The van der Waals surface area contributed by atoms with Crippen LogP contribution in [0.5, 0.6) is 0 Å². The van der Waals surface area contributed by atoms with E-state index in [9.17, 15) is 22.0 Å². The molecule has 0 saturated heterocycles. The Morgan fingerprint density at radius 3 is 2.54 bits per heavy atom. The van der Waals surface area contributed by atoms with Crippen LogP contribution in [0, 0.1) is 11.6 Å². The van der Waals surface area contributed by atoms with Gasteiger partial charge in [0.15, 0.2) is 0 Å². The Bertz CT molecular complexity index is 1070. The summed E-state index contributed by atoms with van der Waals surface area (Å²) in [5.41, 5.74) is 0.606. The summed E-state index contributed by atoms with van der Waals surface area (Å²) in [5.74, 6) is -2.45. The molecule has 0 fully saturated rings. The average Bonchev–Trinajstić information content (AvgIpc) is 2.63. The molecule has 0 unspecified atom stereocenters. The van der Waals surface area contributed by atoms with Gasteiger partial charge in [-0.3, -0.25) is 4.31 Å². The lowest BCUT2D eigenvalue weighted by atomic mass is 10.2. The lowest BCUT2D eigenvalue weighted by Crippen LogP contribution is -2.31. The van der Waals surface area contributed by atoms with Crippen molar-refractivity contribution in [3.8, 4) is 0 Å². The quantitative estimate of drug-likeness (QED) is 0.715. The number of ether oxygens (including phenoxy) is 1. The van der Waals surface area contributed by atoms with Crippen LogP contribution in [-0.2, 0) is 32.9 Å². The molecule has 2 aromatic rings. The van der Waals surface area contributed by atoms with Gasteiger partial charge in [0.1, 0.15) is 18.2 Å². The summed E-state index contributed by atoms with van der Waals surface area (Å²) in [6.45, 7) is 0.924. The number of carbonyl (C=O) groups is 1. The Hall–Kier alpha value is -3.07. The zero-order valence-corrected chi connectivity index (χ0v) is 15.6. The molecule has 0 spiro atoms. The van der Waals surface area contributed by atoms with Gasteiger partial charge in [0.25, 0.3) is 0 Å². The largest absolute Gasteiger partial charge is 0.457 e. The first-order valence-electron chi connectivity index (χ1n) is 8.22. The first kappa shape index (κ1) is 19.7. The molecule has 0 aromatic heterocycles. The molecule has 3 rings (SSSR count). The molecule has 0 amide bonds. The van der Waals surface area contributed by atoms with Gasteiger partial charge in [-0.1, -0.05) is 30.3 Å². The molecule has 9 heteroatoms. The van der Waals surface area contributed by atoms with Gasteiger partial charge >= 0.3 is 16.2 Å². The van der Waals surface area contributed by atoms with Crippen molar-refractivity contribution in [2.24, 2.45) is 4.40 Å². The summed E-state index contributed by atoms with van der Waals surface area (Å²) < 4.78 is 60.8. The van der Waals surface area contributed by atoms with Crippen LogP contribution < -0.4 is 0 Å². The minimum absolute atomic E-state index is 0.00508. The molecule has 0 N–H and O–H groups in total. The second-order valence-corrected chi connectivity index (χ2v) is 7.59. The van der Waals surface area contributed by atoms with E-state index in [2.05, 4.69) is 4.40 Å². The minimum atomic E-state index is -3.98. The Morgan fingerprint density at radius 2 is 1.86 bits per heavy atom. The standard InChI is InChI=1S/C19H16F2N2O4S/c1-13-17(19(24)27-12-15-7-8-16(20)9-18(15)21)11-23(28(25,26)22-13)10-14-5-3-2-4-6-14/h2-9,11H,10,12H2,1H3. The second-order valence-electron chi connectivity index (χ2n) is 6.04. The summed E-state index contributed by atoms with van der Waals surface area (Å²) in [5, 5.41) is 0. The van der Waals surface area contributed by atoms with Crippen molar-refractivity contribution < 1.29 is 26.7 Å². The van der Waals surface area contributed by atoms with E-state index in [-0.39, 0.29) is 23.4 Å². The number of hydrogen-bond acceptors (Lipinski definition) is 4. The van der Waals surface area contributed by atoms with Crippen LogP contribution in [0.1, 0.15) is 18.1 Å². The molecular formula is C19H16F2N2O4S. The third-order valence-electron chi connectivity index (χ3n) is 3.99. The van der Waals surface area contributed by atoms with Crippen molar-refractivity contribution >= 4 is 21.9 Å². The lowest BCUT2D eigenvalue weighted by molar-refractivity contribution is -0.139. The maximum atomic E-state index is 13.7. The Morgan fingerprint density at radius 1 is 1.14 bits per heavy atom. The van der Waals surface area contributed by atoms with Crippen molar-refractivity contribution in [3.63, 3.8) is 0 Å². The molecule has 1 aliphatic rings. The highest BCUT2D eigenvalue weighted by Gasteiger charge is 2.29. The summed E-state index contributed by atoms with van der Waals surface area (Å²) in [6.07, 6.45) is 1.15. The second kappa shape index (κ2) is 7.89. The molecule has 146 valence electrons. The first-order valence-corrected chi connectivity index (χ1v) is 9.61. The highest BCUT2D eigenvalue weighted by molar-refractivity contribution is 7.88. The van der Waals surface area contributed by atoms with Crippen molar-refractivity contribution in [3.05, 3.63) is 83.1 Å². The number of nitrogens with zero attached hydrogens (tertiary/aromatic N) is 2. The van der Waals surface area contributed by atoms with Crippen molar-refractivity contribution in [1.82, 2.24) is 4.31 Å². The van der Waals surface area contributed by atoms with Crippen LogP contribution in [0.15, 0.2) is 64.7 Å². The molecule has 1 aliphatic heterocycles.